The summed E-state index contributed by atoms with van der Waals surface area (Å²) in [6, 6.07) is 0. The normalized spacial score (nSPS) is 13.6. The van der Waals surface area contributed by atoms with Gasteiger partial charge in [0.1, 0.15) is 0 Å². The third-order valence-corrected chi connectivity index (χ3v) is 22.6. The molecular weight excluding hydrogens is 441 g/mol. The van der Waals surface area contributed by atoms with Gasteiger partial charge < -0.3 is 0 Å². The molecule has 135 valence electrons. The van der Waals surface area contributed by atoms with Gasteiger partial charge in [0, 0.05) is 0 Å². The summed E-state index contributed by atoms with van der Waals surface area (Å²) >= 11 is -3.12. The topological polar surface area (TPSA) is 21.8 Å². The van der Waals surface area contributed by atoms with Gasteiger partial charge in [-0.15, -0.1) is 0 Å². The molecule has 1 N–H and O–H groups in total. The molecule has 0 aliphatic heterocycles. The molecule has 0 heterocycles. The number of rotatable bonds is 12. The Morgan fingerprint density at radius 3 is 1.09 bits per heavy atom. The zero-order valence-electron chi connectivity index (χ0n) is 16.7. The number of hydrogen-bond donors (Lipinski definition) is 1. The van der Waals surface area contributed by atoms with Crippen molar-refractivity contribution in [3.8, 4) is 0 Å². The van der Waals surface area contributed by atoms with Crippen molar-refractivity contribution in [2.45, 2.75) is 74.3 Å². The van der Waals surface area contributed by atoms with Crippen molar-refractivity contribution < 1.29 is 18.2 Å². The molecule has 0 fully saturated rings. The Morgan fingerprint density at radius 2 is 0.909 bits per heavy atom. The van der Waals surface area contributed by atoms with Crippen LogP contribution in [-0.4, -0.2) is 54.7 Å². The summed E-state index contributed by atoms with van der Waals surface area (Å²) in [7, 11) is 0. The van der Waals surface area contributed by atoms with Crippen molar-refractivity contribution in [3.05, 3.63) is 0 Å². The molecule has 0 amide bonds. The third kappa shape index (κ3) is 5.04. The first-order valence-electron chi connectivity index (χ1n) is 9.27. The summed E-state index contributed by atoms with van der Waals surface area (Å²) < 4.78 is 12.6. The molecule has 0 saturated heterocycles. The molecule has 22 heavy (non-hydrogen) atoms. The van der Waals surface area contributed by atoms with Gasteiger partial charge in [-0.25, -0.2) is 0 Å². The van der Waals surface area contributed by atoms with E-state index < -0.39 is 18.2 Å². The Balaban J connectivity index is 6.11. The molecule has 0 rings (SSSR count). The van der Waals surface area contributed by atoms with E-state index in [1.807, 2.05) is 0 Å². The fraction of sp³-hybridized carbons (Fsp3) is 1.00. The van der Waals surface area contributed by atoms with Crippen LogP contribution in [0.15, 0.2) is 0 Å². The number of nitrogens with one attached hydrogen (secondary N) is 1. The summed E-state index contributed by atoms with van der Waals surface area (Å²) in [5.41, 5.74) is 0.187. The van der Waals surface area contributed by atoms with Crippen LogP contribution in [0.25, 0.3) is 0 Å². The van der Waals surface area contributed by atoms with Crippen molar-refractivity contribution >= 4 is 0 Å². The van der Waals surface area contributed by atoms with Gasteiger partial charge in [0.25, 0.3) is 0 Å². The molecule has 0 aromatic heterocycles. The maximum atomic E-state index is 4.26. The summed E-state index contributed by atoms with van der Waals surface area (Å²) in [6.45, 7) is 27.8. The van der Waals surface area contributed by atoms with Crippen LogP contribution in [0.2, 0.25) is 0 Å². The minimum absolute atomic E-state index is 0.187. The van der Waals surface area contributed by atoms with Gasteiger partial charge in [-0.3, -0.25) is 0 Å². The maximum absolute atomic E-state index is 4.26. The van der Waals surface area contributed by atoms with Gasteiger partial charge in [0.2, 0.25) is 0 Å². The molecule has 0 radical (unpaired) electrons. The Labute approximate surface area is 145 Å². The van der Waals surface area contributed by atoms with E-state index in [9.17, 15) is 0 Å². The zero-order chi connectivity index (χ0) is 17.4. The Hall–Kier alpha value is 0.580. The predicted octanol–water partition coefficient (Wildman–Crippen LogP) is 3.60. The van der Waals surface area contributed by atoms with E-state index in [1.54, 1.807) is 0 Å². The number of nitrogens with zero attached hydrogens (tertiary/aromatic N) is 3. The van der Waals surface area contributed by atoms with E-state index >= 15 is 0 Å². The average molecular weight is 483 g/mol. The van der Waals surface area contributed by atoms with Gasteiger partial charge in [0.15, 0.2) is 0 Å². The second-order valence-corrected chi connectivity index (χ2v) is 17.3. The Bertz CT molecular complexity index is 253. The van der Waals surface area contributed by atoms with Gasteiger partial charge in [-0.1, -0.05) is 0 Å². The summed E-state index contributed by atoms with van der Waals surface area (Å²) in [5, 5.41) is 0. The van der Waals surface area contributed by atoms with Crippen molar-refractivity contribution in [1.29, 1.82) is 0 Å². The first-order valence-corrected chi connectivity index (χ1v) is 15.2. The van der Waals surface area contributed by atoms with E-state index in [0.717, 1.165) is 45.7 Å². The molecule has 0 saturated carbocycles. The Kier molecular flexibility index (Phi) is 10.7. The molecule has 0 unspecified atom stereocenters. The zero-order valence-corrected chi connectivity index (χ0v) is 20.0. The van der Waals surface area contributed by atoms with Crippen LogP contribution in [0, 0.1) is 0 Å². The Morgan fingerprint density at radius 1 is 0.636 bits per heavy atom. The van der Waals surface area contributed by atoms with Crippen LogP contribution in [0.5, 0.6) is 0 Å². The standard InChI is InChI=1S/C5H12N.3C4H10N.Ta/c1-4-5(2,3)6;3*1-3-5-4-2;/h6H,4H2,1-3H3;3*3-4H2,1-2H3;/q4*-1;+4. The van der Waals surface area contributed by atoms with Crippen LogP contribution >= 0.6 is 0 Å². The first-order chi connectivity index (χ1) is 10.3. The molecular formula is C17H42N4Ta. The monoisotopic (exact) mass is 483 g/mol. The van der Waals surface area contributed by atoms with Crippen LogP contribution in [0.3, 0.4) is 0 Å². The molecule has 5 heteroatoms. The second-order valence-electron chi connectivity index (χ2n) is 6.33. The average Bonchev–Trinajstić information content (AvgIpc) is 2.50. The van der Waals surface area contributed by atoms with Crippen LogP contribution in [-0.2, 0) is 18.2 Å². The van der Waals surface area contributed by atoms with Crippen molar-refractivity contribution in [3.63, 3.8) is 0 Å². The van der Waals surface area contributed by atoms with Crippen LogP contribution < -0.4 is 3.72 Å². The van der Waals surface area contributed by atoms with E-state index in [2.05, 4.69) is 75.9 Å². The SMILES string of the molecule is CC[N](CC)[Ta]([NH]C(C)(C)CC)([N](CC)CC)[N](CC)CC. The van der Waals surface area contributed by atoms with E-state index in [-0.39, 0.29) is 5.54 Å². The number of hydrogen-bond acceptors (Lipinski definition) is 4. The molecule has 0 aliphatic carbocycles. The molecule has 4 nitrogen and oxygen atoms in total. The summed E-state index contributed by atoms with van der Waals surface area (Å²) in [5.74, 6) is 0. The summed E-state index contributed by atoms with van der Waals surface area (Å²) in [4.78, 5) is 0. The predicted molar refractivity (Wildman–Crippen MR) is 96.3 cm³/mol. The van der Waals surface area contributed by atoms with Crippen molar-refractivity contribution in [1.82, 2.24) is 13.6 Å². The molecule has 0 spiro atoms. The molecule has 0 bridgehead atoms. The summed E-state index contributed by atoms with van der Waals surface area (Å²) in [6.07, 6.45) is 1.16. The fourth-order valence-corrected chi connectivity index (χ4v) is 20.5. The van der Waals surface area contributed by atoms with E-state index in [4.69, 9.17) is 0 Å². The molecule has 0 aromatic rings. The molecule has 0 aliphatic rings. The second kappa shape index (κ2) is 10.4. The fourth-order valence-electron chi connectivity index (χ4n) is 3.09. The van der Waals surface area contributed by atoms with Gasteiger partial charge in [-0.2, -0.15) is 0 Å². The van der Waals surface area contributed by atoms with Gasteiger partial charge >= 0.3 is 145 Å². The van der Waals surface area contributed by atoms with Gasteiger partial charge in [-0.05, 0) is 0 Å². The third-order valence-electron chi connectivity index (χ3n) is 4.71. The van der Waals surface area contributed by atoms with E-state index in [0.29, 0.717) is 0 Å². The van der Waals surface area contributed by atoms with Crippen molar-refractivity contribution in [2.24, 2.45) is 0 Å². The van der Waals surface area contributed by atoms with Crippen LogP contribution in [0.1, 0.15) is 68.7 Å². The molecule has 0 atom stereocenters. The van der Waals surface area contributed by atoms with Crippen LogP contribution in [0.4, 0.5) is 0 Å². The van der Waals surface area contributed by atoms with Gasteiger partial charge in [0.05, 0.1) is 0 Å². The van der Waals surface area contributed by atoms with E-state index in [1.165, 1.54) is 0 Å². The first kappa shape index (κ1) is 22.6. The quantitative estimate of drug-likeness (QED) is 0.458. The molecule has 0 aromatic carbocycles. The van der Waals surface area contributed by atoms with Crippen molar-refractivity contribution in [2.75, 3.05) is 39.3 Å². The minimum atomic E-state index is -3.12.